The summed E-state index contributed by atoms with van der Waals surface area (Å²) >= 11 is 0. The van der Waals surface area contributed by atoms with E-state index in [0.29, 0.717) is 17.8 Å². The highest BCUT2D eigenvalue weighted by Gasteiger charge is 2.49. The fourth-order valence-electron chi connectivity index (χ4n) is 4.45. The summed E-state index contributed by atoms with van der Waals surface area (Å²) in [6.07, 6.45) is 13.6. The number of rotatable bonds is 2. The summed E-state index contributed by atoms with van der Waals surface area (Å²) in [5.41, 5.74) is 0. The number of hydrogen-bond acceptors (Lipinski definition) is 2. The van der Waals surface area contributed by atoms with Gasteiger partial charge in [0, 0.05) is 17.8 Å². The van der Waals surface area contributed by atoms with Gasteiger partial charge in [-0.25, -0.2) is 0 Å². The Morgan fingerprint density at radius 1 is 0.684 bits per heavy atom. The van der Waals surface area contributed by atoms with Crippen molar-refractivity contribution in [2.75, 3.05) is 13.2 Å². The first-order valence-electron chi connectivity index (χ1n) is 8.59. The Labute approximate surface area is 118 Å². The highest BCUT2D eigenvalue weighted by atomic mass is 16.7. The fraction of sp³-hybridized carbons (Fsp3) is 1.00. The van der Waals surface area contributed by atoms with Crippen LogP contribution in [-0.4, -0.2) is 19.0 Å². The lowest BCUT2D eigenvalue weighted by Gasteiger charge is -2.51. The minimum Gasteiger partial charge on any atom is -0.349 e. The molecule has 0 atom stereocenters. The van der Waals surface area contributed by atoms with Gasteiger partial charge in [0.15, 0.2) is 5.79 Å². The first-order chi connectivity index (χ1) is 9.31. The molecule has 0 bridgehead atoms. The molecule has 3 aliphatic rings. The van der Waals surface area contributed by atoms with Gasteiger partial charge in [0.05, 0.1) is 13.2 Å². The van der Waals surface area contributed by atoms with Gasteiger partial charge in [-0.05, 0) is 25.7 Å². The van der Waals surface area contributed by atoms with E-state index in [2.05, 4.69) is 6.92 Å². The van der Waals surface area contributed by atoms with Crippen LogP contribution in [0.3, 0.4) is 0 Å². The van der Waals surface area contributed by atoms with Crippen LogP contribution in [0.1, 0.15) is 71.1 Å². The number of ether oxygens (including phenoxy) is 2. The second-order valence-corrected chi connectivity index (χ2v) is 7.12. The lowest BCUT2D eigenvalue weighted by molar-refractivity contribution is -0.338. The molecule has 0 N–H and O–H groups in total. The number of hydrogen-bond donors (Lipinski definition) is 0. The van der Waals surface area contributed by atoms with Crippen molar-refractivity contribution >= 4 is 0 Å². The molecule has 0 aromatic carbocycles. The van der Waals surface area contributed by atoms with Crippen LogP contribution in [0.5, 0.6) is 0 Å². The Balaban J connectivity index is 1.77. The summed E-state index contributed by atoms with van der Waals surface area (Å²) in [6, 6.07) is 0. The standard InChI is InChI=1S/C17H30O2/c1-14-12-18-17(19-13-14,15-8-4-2-5-9-15)16-10-6-3-7-11-16/h14-16H,2-13H2,1H3. The first kappa shape index (κ1) is 13.9. The molecule has 0 radical (unpaired) electrons. The van der Waals surface area contributed by atoms with E-state index in [1.54, 1.807) is 0 Å². The molecule has 3 fully saturated rings. The zero-order valence-corrected chi connectivity index (χ0v) is 12.5. The van der Waals surface area contributed by atoms with Gasteiger partial charge in [-0.2, -0.15) is 0 Å². The average Bonchev–Trinajstić information content (AvgIpc) is 2.50. The summed E-state index contributed by atoms with van der Waals surface area (Å²) in [4.78, 5) is 0. The predicted molar refractivity (Wildman–Crippen MR) is 76.9 cm³/mol. The molecule has 2 nitrogen and oxygen atoms in total. The van der Waals surface area contributed by atoms with Gasteiger partial charge in [-0.1, -0.05) is 45.4 Å². The molecule has 0 unspecified atom stereocenters. The van der Waals surface area contributed by atoms with Crippen LogP contribution in [0.15, 0.2) is 0 Å². The highest BCUT2D eigenvalue weighted by Crippen LogP contribution is 2.47. The van der Waals surface area contributed by atoms with E-state index in [9.17, 15) is 0 Å². The van der Waals surface area contributed by atoms with Crippen molar-refractivity contribution in [3.05, 3.63) is 0 Å². The molecule has 0 aromatic heterocycles. The van der Waals surface area contributed by atoms with Crippen molar-refractivity contribution in [2.24, 2.45) is 17.8 Å². The topological polar surface area (TPSA) is 18.5 Å². The second-order valence-electron chi connectivity index (χ2n) is 7.12. The molecule has 0 spiro atoms. The monoisotopic (exact) mass is 266 g/mol. The minimum absolute atomic E-state index is 0.201. The first-order valence-corrected chi connectivity index (χ1v) is 8.59. The molecular weight excluding hydrogens is 236 g/mol. The summed E-state index contributed by atoms with van der Waals surface area (Å²) in [6.45, 7) is 4.06. The quantitative estimate of drug-likeness (QED) is 0.731. The van der Waals surface area contributed by atoms with Crippen LogP contribution < -0.4 is 0 Å². The summed E-state index contributed by atoms with van der Waals surface area (Å²) in [7, 11) is 0. The van der Waals surface area contributed by atoms with Gasteiger partial charge < -0.3 is 9.47 Å². The van der Waals surface area contributed by atoms with E-state index in [1.807, 2.05) is 0 Å². The van der Waals surface area contributed by atoms with Crippen molar-refractivity contribution in [1.82, 2.24) is 0 Å². The normalized spacial score (nSPS) is 31.4. The molecule has 0 aromatic rings. The van der Waals surface area contributed by atoms with E-state index in [-0.39, 0.29) is 5.79 Å². The Hall–Kier alpha value is -0.0800. The van der Waals surface area contributed by atoms with Crippen LogP contribution in [0, 0.1) is 17.8 Å². The van der Waals surface area contributed by atoms with Crippen LogP contribution in [0.25, 0.3) is 0 Å². The van der Waals surface area contributed by atoms with Crippen LogP contribution >= 0.6 is 0 Å². The zero-order valence-electron chi connectivity index (χ0n) is 12.5. The van der Waals surface area contributed by atoms with E-state index in [1.165, 1.54) is 64.2 Å². The van der Waals surface area contributed by atoms with Gasteiger partial charge in [-0.15, -0.1) is 0 Å². The lowest BCUT2D eigenvalue weighted by Crippen LogP contribution is -2.55. The van der Waals surface area contributed by atoms with Crippen molar-refractivity contribution in [3.8, 4) is 0 Å². The Morgan fingerprint density at radius 2 is 1.11 bits per heavy atom. The third-order valence-electron chi connectivity index (χ3n) is 5.54. The molecule has 1 aliphatic heterocycles. The fourth-order valence-corrected chi connectivity index (χ4v) is 4.45. The van der Waals surface area contributed by atoms with Gasteiger partial charge in [0.1, 0.15) is 0 Å². The molecule has 19 heavy (non-hydrogen) atoms. The molecule has 1 saturated heterocycles. The van der Waals surface area contributed by atoms with Crippen LogP contribution in [0.2, 0.25) is 0 Å². The van der Waals surface area contributed by atoms with Crippen molar-refractivity contribution in [3.63, 3.8) is 0 Å². The maximum atomic E-state index is 6.43. The summed E-state index contributed by atoms with van der Waals surface area (Å²) in [5, 5.41) is 0. The van der Waals surface area contributed by atoms with Gasteiger partial charge in [0.2, 0.25) is 0 Å². The van der Waals surface area contributed by atoms with Crippen molar-refractivity contribution in [1.29, 1.82) is 0 Å². The summed E-state index contributed by atoms with van der Waals surface area (Å²) < 4.78 is 12.9. The third-order valence-corrected chi connectivity index (χ3v) is 5.54. The molecule has 110 valence electrons. The third kappa shape index (κ3) is 2.85. The minimum atomic E-state index is -0.201. The average molecular weight is 266 g/mol. The Morgan fingerprint density at radius 3 is 1.53 bits per heavy atom. The van der Waals surface area contributed by atoms with Gasteiger partial charge >= 0.3 is 0 Å². The Kier molecular flexibility index (Phi) is 4.48. The lowest BCUT2D eigenvalue weighted by atomic mass is 9.72. The molecule has 3 rings (SSSR count). The molecular formula is C17H30O2. The summed E-state index contributed by atoms with van der Waals surface area (Å²) in [5.74, 6) is 1.70. The Bertz CT molecular complexity index is 249. The van der Waals surface area contributed by atoms with E-state index in [4.69, 9.17) is 9.47 Å². The van der Waals surface area contributed by atoms with Gasteiger partial charge in [-0.3, -0.25) is 0 Å². The SMILES string of the molecule is CC1COC(C2CCCCC2)(C2CCCCC2)OC1. The maximum absolute atomic E-state index is 6.43. The molecule has 0 amide bonds. The largest absolute Gasteiger partial charge is 0.349 e. The molecule has 1 heterocycles. The highest BCUT2D eigenvalue weighted by molar-refractivity contribution is 4.91. The predicted octanol–water partition coefficient (Wildman–Crippen LogP) is 4.53. The zero-order chi connectivity index (χ0) is 13.1. The molecule has 2 heteroatoms. The van der Waals surface area contributed by atoms with E-state index >= 15 is 0 Å². The van der Waals surface area contributed by atoms with Crippen LogP contribution in [0.4, 0.5) is 0 Å². The van der Waals surface area contributed by atoms with Crippen molar-refractivity contribution < 1.29 is 9.47 Å². The van der Waals surface area contributed by atoms with Crippen LogP contribution in [-0.2, 0) is 9.47 Å². The smallest absolute Gasteiger partial charge is 0.173 e. The van der Waals surface area contributed by atoms with E-state index in [0.717, 1.165) is 13.2 Å². The molecule has 2 aliphatic carbocycles. The second kappa shape index (κ2) is 6.13. The van der Waals surface area contributed by atoms with Gasteiger partial charge in [0.25, 0.3) is 0 Å². The van der Waals surface area contributed by atoms with Crippen molar-refractivity contribution in [2.45, 2.75) is 76.9 Å². The van der Waals surface area contributed by atoms with E-state index < -0.39 is 0 Å². The molecule has 2 saturated carbocycles. The maximum Gasteiger partial charge on any atom is 0.173 e.